The zero-order valence-corrected chi connectivity index (χ0v) is 13.8. The number of nitrogens with one attached hydrogen (secondary N) is 1. The van der Waals surface area contributed by atoms with Crippen LogP contribution in [0.15, 0.2) is 51.8 Å². The Labute approximate surface area is 132 Å². The van der Waals surface area contributed by atoms with Gasteiger partial charge in [-0.15, -0.1) is 0 Å². The number of nitrogen functional groups attached to an aromatic ring is 1. The van der Waals surface area contributed by atoms with E-state index < -0.39 is 10.0 Å². The van der Waals surface area contributed by atoms with Crippen molar-refractivity contribution in [2.24, 2.45) is 5.14 Å². The van der Waals surface area contributed by atoms with Gasteiger partial charge in [-0.2, -0.15) is 0 Å². The maximum absolute atomic E-state index is 11.3. The van der Waals surface area contributed by atoms with Crippen LogP contribution in [-0.4, -0.2) is 8.42 Å². The van der Waals surface area contributed by atoms with E-state index in [4.69, 9.17) is 10.9 Å². The third kappa shape index (κ3) is 3.96. The summed E-state index contributed by atoms with van der Waals surface area (Å²) in [6, 6.07) is 12.6. The molecule has 7 heteroatoms. The monoisotopic (exact) mass is 369 g/mol. The molecule has 0 bridgehead atoms. The van der Waals surface area contributed by atoms with Gasteiger partial charge in [0.1, 0.15) is 4.90 Å². The second kappa shape index (κ2) is 6.05. The fourth-order valence-electron chi connectivity index (χ4n) is 2.01. The van der Waals surface area contributed by atoms with Crippen molar-refractivity contribution >= 4 is 37.3 Å². The van der Waals surface area contributed by atoms with E-state index >= 15 is 0 Å². The highest BCUT2D eigenvalue weighted by Gasteiger charge is 2.13. The molecule has 112 valence electrons. The first kappa shape index (κ1) is 15.8. The van der Waals surface area contributed by atoms with Gasteiger partial charge in [-0.25, -0.2) is 13.6 Å². The molecule has 0 fully saturated rings. The van der Waals surface area contributed by atoms with Crippen molar-refractivity contribution in [2.45, 2.75) is 17.9 Å². The first-order valence-electron chi connectivity index (χ1n) is 6.21. The molecule has 5 N–H and O–H groups in total. The predicted octanol–water partition coefficient (Wildman–Crippen LogP) is 2.85. The van der Waals surface area contributed by atoms with E-state index in [9.17, 15) is 8.42 Å². The summed E-state index contributed by atoms with van der Waals surface area (Å²) >= 11 is 3.43. The van der Waals surface area contributed by atoms with Crippen LogP contribution in [0.1, 0.15) is 18.5 Å². The van der Waals surface area contributed by atoms with Gasteiger partial charge in [-0.05, 0) is 42.8 Å². The Bertz CT molecular complexity index is 763. The van der Waals surface area contributed by atoms with Crippen LogP contribution in [0.3, 0.4) is 0 Å². The van der Waals surface area contributed by atoms with Crippen molar-refractivity contribution in [1.82, 2.24) is 0 Å². The molecule has 0 spiro atoms. The quantitative estimate of drug-likeness (QED) is 0.721. The lowest BCUT2D eigenvalue weighted by Gasteiger charge is -2.17. The van der Waals surface area contributed by atoms with Gasteiger partial charge in [-0.1, -0.05) is 28.1 Å². The van der Waals surface area contributed by atoms with Gasteiger partial charge in [0.2, 0.25) is 10.0 Å². The van der Waals surface area contributed by atoms with Crippen LogP contribution in [0.5, 0.6) is 0 Å². The van der Waals surface area contributed by atoms with E-state index in [1.807, 2.05) is 31.2 Å². The number of primary sulfonamides is 1. The molecule has 21 heavy (non-hydrogen) atoms. The number of hydrogen-bond donors (Lipinski definition) is 3. The number of hydrogen-bond acceptors (Lipinski definition) is 4. The molecule has 1 unspecified atom stereocenters. The second-order valence-electron chi connectivity index (χ2n) is 4.72. The molecule has 0 saturated heterocycles. The summed E-state index contributed by atoms with van der Waals surface area (Å²) in [5.41, 5.74) is 7.69. The lowest BCUT2D eigenvalue weighted by Crippen LogP contribution is -2.14. The van der Waals surface area contributed by atoms with Crippen LogP contribution >= 0.6 is 15.9 Å². The Morgan fingerprint density at radius 1 is 1.19 bits per heavy atom. The standard InChI is InChI=1S/C14H16BrN3O2S/c1-9(10-3-2-4-11(15)7-10)18-12-5-6-14(13(16)8-12)21(17,19)20/h2-9,18H,16H2,1H3,(H2,17,19,20). The SMILES string of the molecule is CC(Nc1ccc(S(N)(=O)=O)c(N)c1)c1cccc(Br)c1. The van der Waals surface area contributed by atoms with Crippen LogP contribution in [0.25, 0.3) is 0 Å². The van der Waals surface area contributed by atoms with E-state index in [1.54, 1.807) is 12.1 Å². The molecule has 0 amide bonds. The normalized spacial score (nSPS) is 12.9. The number of benzene rings is 2. The Balaban J connectivity index is 2.23. The summed E-state index contributed by atoms with van der Waals surface area (Å²) < 4.78 is 23.6. The van der Waals surface area contributed by atoms with Crippen molar-refractivity contribution in [2.75, 3.05) is 11.1 Å². The predicted molar refractivity (Wildman–Crippen MR) is 88.4 cm³/mol. The van der Waals surface area contributed by atoms with Crippen molar-refractivity contribution in [3.8, 4) is 0 Å². The zero-order chi connectivity index (χ0) is 15.6. The summed E-state index contributed by atoms with van der Waals surface area (Å²) in [4.78, 5) is -0.0665. The number of anilines is 2. The lowest BCUT2D eigenvalue weighted by molar-refractivity contribution is 0.598. The van der Waals surface area contributed by atoms with Crippen molar-refractivity contribution < 1.29 is 8.42 Å². The number of sulfonamides is 1. The summed E-state index contributed by atoms with van der Waals surface area (Å²) in [7, 11) is -3.80. The Kier molecular flexibility index (Phi) is 4.55. The largest absolute Gasteiger partial charge is 0.398 e. The summed E-state index contributed by atoms with van der Waals surface area (Å²) in [5.74, 6) is 0. The topological polar surface area (TPSA) is 98.2 Å². The van der Waals surface area contributed by atoms with Crippen LogP contribution in [0, 0.1) is 0 Å². The highest BCUT2D eigenvalue weighted by atomic mass is 79.9. The average molecular weight is 370 g/mol. The van der Waals surface area contributed by atoms with Crippen molar-refractivity contribution in [3.63, 3.8) is 0 Å². The molecule has 0 aliphatic carbocycles. The summed E-state index contributed by atoms with van der Waals surface area (Å²) in [5, 5.41) is 8.35. The summed E-state index contributed by atoms with van der Waals surface area (Å²) in [6.45, 7) is 2.01. The minimum atomic E-state index is -3.80. The molecule has 0 saturated carbocycles. The molecule has 5 nitrogen and oxygen atoms in total. The Morgan fingerprint density at radius 2 is 1.90 bits per heavy atom. The van der Waals surface area contributed by atoms with E-state index in [2.05, 4.69) is 21.2 Å². The maximum Gasteiger partial charge on any atom is 0.240 e. The fraction of sp³-hybridized carbons (Fsp3) is 0.143. The van der Waals surface area contributed by atoms with E-state index in [-0.39, 0.29) is 16.6 Å². The molecule has 0 radical (unpaired) electrons. The molecule has 1 atom stereocenters. The average Bonchev–Trinajstić information content (AvgIpc) is 2.37. The molecule has 0 aromatic heterocycles. The highest BCUT2D eigenvalue weighted by Crippen LogP contribution is 2.26. The van der Waals surface area contributed by atoms with E-state index in [1.165, 1.54) is 6.07 Å². The Hall–Kier alpha value is -1.57. The zero-order valence-electron chi connectivity index (χ0n) is 11.4. The van der Waals surface area contributed by atoms with Gasteiger partial charge < -0.3 is 11.1 Å². The van der Waals surface area contributed by atoms with E-state index in [0.717, 1.165) is 15.7 Å². The van der Waals surface area contributed by atoms with Gasteiger partial charge in [0.15, 0.2) is 0 Å². The number of nitrogens with two attached hydrogens (primary N) is 2. The first-order chi connectivity index (χ1) is 9.77. The molecule has 2 rings (SSSR count). The minimum Gasteiger partial charge on any atom is -0.398 e. The molecule has 0 heterocycles. The molecule has 0 aliphatic rings. The number of rotatable bonds is 4. The van der Waals surface area contributed by atoms with Gasteiger partial charge >= 0.3 is 0 Å². The van der Waals surface area contributed by atoms with Gasteiger partial charge in [0.05, 0.1) is 5.69 Å². The second-order valence-corrected chi connectivity index (χ2v) is 7.16. The third-order valence-corrected chi connectivity index (χ3v) is 4.53. The molecule has 2 aromatic rings. The maximum atomic E-state index is 11.3. The van der Waals surface area contributed by atoms with Crippen LogP contribution in [-0.2, 0) is 10.0 Å². The van der Waals surface area contributed by atoms with Crippen LogP contribution in [0.2, 0.25) is 0 Å². The third-order valence-electron chi connectivity index (χ3n) is 3.05. The van der Waals surface area contributed by atoms with E-state index in [0.29, 0.717) is 0 Å². The number of halogens is 1. The smallest absolute Gasteiger partial charge is 0.240 e. The minimum absolute atomic E-state index is 0.0437. The lowest BCUT2D eigenvalue weighted by atomic mass is 10.1. The van der Waals surface area contributed by atoms with Crippen LogP contribution in [0.4, 0.5) is 11.4 Å². The van der Waals surface area contributed by atoms with Gasteiger partial charge in [0.25, 0.3) is 0 Å². The molecule has 2 aromatic carbocycles. The van der Waals surface area contributed by atoms with Crippen molar-refractivity contribution in [3.05, 3.63) is 52.5 Å². The summed E-state index contributed by atoms with van der Waals surface area (Å²) in [6.07, 6.45) is 0. The molecular weight excluding hydrogens is 354 g/mol. The van der Waals surface area contributed by atoms with Gasteiger partial charge in [-0.3, -0.25) is 0 Å². The fourth-order valence-corrected chi connectivity index (χ4v) is 3.07. The highest BCUT2D eigenvalue weighted by molar-refractivity contribution is 9.10. The molecule has 0 aliphatic heterocycles. The first-order valence-corrected chi connectivity index (χ1v) is 8.55. The molecular formula is C14H16BrN3O2S. The Morgan fingerprint density at radius 3 is 2.48 bits per heavy atom. The van der Waals surface area contributed by atoms with Gasteiger partial charge in [0, 0.05) is 16.2 Å². The van der Waals surface area contributed by atoms with Crippen molar-refractivity contribution in [1.29, 1.82) is 0 Å². The van der Waals surface area contributed by atoms with Crippen LogP contribution < -0.4 is 16.2 Å².